The van der Waals surface area contributed by atoms with Gasteiger partial charge < -0.3 is 15.8 Å². The maximum atomic E-state index is 5.93. The first-order valence-corrected chi connectivity index (χ1v) is 5.70. The summed E-state index contributed by atoms with van der Waals surface area (Å²) in [7, 11) is 1.72. The molecule has 1 saturated carbocycles. The summed E-state index contributed by atoms with van der Waals surface area (Å²) in [5.41, 5.74) is 5.93. The van der Waals surface area contributed by atoms with Gasteiger partial charge in [-0.3, -0.25) is 0 Å². The zero-order valence-corrected chi connectivity index (χ0v) is 9.46. The van der Waals surface area contributed by atoms with Crippen LogP contribution in [0.1, 0.15) is 32.6 Å². The first-order valence-electron chi connectivity index (χ1n) is 5.70. The number of hydrogen-bond donors (Lipinski definition) is 2. The van der Waals surface area contributed by atoms with Crippen molar-refractivity contribution in [1.82, 2.24) is 5.32 Å². The molecular weight excluding hydrogens is 176 g/mol. The lowest BCUT2D eigenvalue weighted by molar-refractivity contribution is 0.187. The lowest BCUT2D eigenvalue weighted by Crippen LogP contribution is -2.39. The fourth-order valence-electron chi connectivity index (χ4n) is 2.08. The Morgan fingerprint density at radius 2 is 2.29 bits per heavy atom. The Bertz CT molecular complexity index is 152. The molecule has 0 aliphatic heterocycles. The van der Waals surface area contributed by atoms with Crippen LogP contribution in [0.15, 0.2) is 0 Å². The van der Waals surface area contributed by atoms with Gasteiger partial charge in [-0.15, -0.1) is 0 Å². The molecule has 0 amide bonds. The van der Waals surface area contributed by atoms with E-state index in [9.17, 15) is 0 Å². The second kappa shape index (κ2) is 6.38. The van der Waals surface area contributed by atoms with Crippen molar-refractivity contribution in [3.8, 4) is 0 Å². The van der Waals surface area contributed by atoms with E-state index >= 15 is 0 Å². The van der Waals surface area contributed by atoms with Crippen LogP contribution in [-0.4, -0.2) is 32.3 Å². The van der Waals surface area contributed by atoms with Crippen molar-refractivity contribution in [2.45, 2.75) is 44.7 Å². The van der Waals surface area contributed by atoms with E-state index in [0.29, 0.717) is 6.04 Å². The van der Waals surface area contributed by atoms with Crippen molar-refractivity contribution in [2.75, 3.05) is 20.3 Å². The third kappa shape index (κ3) is 4.40. The van der Waals surface area contributed by atoms with Gasteiger partial charge in [-0.05, 0) is 31.6 Å². The molecule has 3 atom stereocenters. The fraction of sp³-hybridized carbons (Fsp3) is 1.00. The topological polar surface area (TPSA) is 47.3 Å². The highest BCUT2D eigenvalue weighted by atomic mass is 16.5. The molecule has 0 spiro atoms. The maximum Gasteiger partial charge on any atom is 0.0477 e. The van der Waals surface area contributed by atoms with Crippen molar-refractivity contribution < 1.29 is 4.74 Å². The standard InChI is InChI=1S/C11H24N2O/c1-9-3-4-11(7-9)13-8-10(12)5-6-14-2/h9-11,13H,3-8,12H2,1-2H3. The third-order valence-corrected chi connectivity index (χ3v) is 3.06. The van der Waals surface area contributed by atoms with Crippen LogP contribution in [0.2, 0.25) is 0 Å². The van der Waals surface area contributed by atoms with E-state index in [1.165, 1.54) is 19.3 Å². The summed E-state index contributed by atoms with van der Waals surface area (Å²) >= 11 is 0. The predicted octanol–water partition coefficient (Wildman–Crippen LogP) is 1.13. The normalized spacial score (nSPS) is 29.4. The first-order chi connectivity index (χ1) is 6.72. The molecule has 0 bridgehead atoms. The van der Waals surface area contributed by atoms with Gasteiger partial charge in [0.2, 0.25) is 0 Å². The summed E-state index contributed by atoms with van der Waals surface area (Å²) in [6, 6.07) is 0.949. The first kappa shape index (κ1) is 12.0. The summed E-state index contributed by atoms with van der Waals surface area (Å²) in [6.07, 6.45) is 4.95. The Morgan fingerprint density at radius 1 is 1.50 bits per heavy atom. The van der Waals surface area contributed by atoms with Crippen LogP contribution < -0.4 is 11.1 Å². The Morgan fingerprint density at radius 3 is 2.86 bits per heavy atom. The van der Waals surface area contributed by atoms with E-state index in [1.54, 1.807) is 7.11 Å². The smallest absolute Gasteiger partial charge is 0.0477 e. The fourth-order valence-corrected chi connectivity index (χ4v) is 2.08. The van der Waals surface area contributed by atoms with Gasteiger partial charge in [0, 0.05) is 32.3 Å². The molecule has 3 nitrogen and oxygen atoms in total. The van der Waals surface area contributed by atoms with Gasteiger partial charge in [0.1, 0.15) is 0 Å². The molecule has 0 aromatic heterocycles. The number of rotatable bonds is 6. The molecule has 1 aliphatic rings. The Kier molecular flexibility index (Phi) is 5.45. The Balaban J connectivity index is 2.02. The van der Waals surface area contributed by atoms with Gasteiger partial charge in [0.25, 0.3) is 0 Å². The number of methoxy groups -OCH3 is 1. The van der Waals surface area contributed by atoms with Crippen LogP contribution in [0, 0.1) is 5.92 Å². The van der Waals surface area contributed by atoms with Crippen molar-refractivity contribution in [3.63, 3.8) is 0 Å². The van der Waals surface area contributed by atoms with Crippen LogP contribution in [0.4, 0.5) is 0 Å². The molecule has 1 fully saturated rings. The minimum atomic E-state index is 0.242. The molecule has 1 aliphatic carbocycles. The summed E-state index contributed by atoms with van der Waals surface area (Å²) in [4.78, 5) is 0. The molecule has 14 heavy (non-hydrogen) atoms. The number of ether oxygens (including phenoxy) is 1. The van der Waals surface area contributed by atoms with E-state index in [0.717, 1.165) is 25.5 Å². The van der Waals surface area contributed by atoms with Gasteiger partial charge in [-0.25, -0.2) is 0 Å². The molecule has 0 radical (unpaired) electrons. The van der Waals surface area contributed by atoms with Gasteiger partial charge in [0.05, 0.1) is 0 Å². The molecule has 3 unspecified atom stereocenters. The second-order valence-electron chi connectivity index (χ2n) is 4.56. The third-order valence-electron chi connectivity index (χ3n) is 3.06. The van der Waals surface area contributed by atoms with Gasteiger partial charge in [-0.2, -0.15) is 0 Å². The molecule has 0 aromatic carbocycles. The molecule has 3 N–H and O–H groups in total. The van der Waals surface area contributed by atoms with Crippen LogP contribution in [-0.2, 0) is 4.74 Å². The Labute approximate surface area is 87.4 Å². The molecule has 84 valence electrons. The zero-order chi connectivity index (χ0) is 10.4. The average Bonchev–Trinajstić information content (AvgIpc) is 2.58. The number of nitrogens with two attached hydrogens (primary N) is 1. The van der Waals surface area contributed by atoms with Crippen LogP contribution in [0.5, 0.6) is 0 Å². The van der Waals surface area contributed by atoms with Crippen LogP contribution in [0.3, 0.4) is 0 Å². The van der Waals surface area contributed by atoms with E-state index in [4.69, 9.17) is 10.5 Å². The van der Waals surface area contributed by atoms with Crippen LogP contribution >= 0.6 is 0 Å². The molecule has 0 heterocycles. The van der Waals surface area contributed by atoms with Crippen molar-refractivity contribution in [2.24, 2.45) is 11.7 Å². The molecule has 0 saturated heterocycles. The predicted molar refractivity (Wildman–Crippen MR) is 59.3 cm³/mol. The quantitative estimate of drug-likeness (QED) is 0.675. The summed E-state index contributed by atoms with van der Waals surface area (Å²) in [5.74, 6) is 0.891. The molecule has 0 aromatic rings. The van der Waals surface area contributed by atoms with E-state index in [1.807, 2.05) is 0 Å². The monoisotopic (exact) mass is 200 g/mol. The second-order valence-corrected chi connectivity index (χ2v) is 4.56. The number of hydrogen-bond acceptors (Lipinski definition) is 3. The SMILES string of the molecule is COCCC(N)CNC1CCC(C)C1. The van der Waals surface area contributed by atoms with Crippen LogP contribution in [0.25, 0.3) is 0 Å². The van der Waals surface area contributed by atoms with Crippen molar-refractivity contribution in [1.29, 1.82) is 0 Å². The lowest BCUT2D eigenvalue weighted by atomic mass is 10.1. The highest BCUT2D eigenvalue weighted by Gasteiger charge is 2.20. The minimum absolute atomic E-state index is 0.242. The zero-order valence-electron chi connectivity index (χ0n) is 9.46. The van der Waals surface area contributed by atoms with Crippen molar-refractivity contribution in [3.05, 3.63) is 0 Å². The largest absolute Gasteiger partial charge is 0.385 e. The highest BCUT2D eigenvalue weighted by Crippen LogP contribution is 2.24. The highest BCUT2D eigenvalue weighted by molar-refractivity contribution is 4.79. The molecular formula is C11H24N2O. The van der Waals surface area contributed by atoms with Gasteiger partial charge in [0.15, 0.2) is 0 Å². The van der Waals surface area contributed by atoms with Gasteiger partial charge in [-0.1, -0.05) is 6.92 Å². The lowest BCUT2D eigenvalue weighted by Gasteiger charge is -2.16. The molecule has 1 rings (SSSR count). The molecule has 3 heteroatoms. The summed E-state index contributed by atoms with van der Waals surface area (Å²) in [5, 5.41) is 3.54. The van der Waals surface area contributed by atoms with E-state index in [2.05, 4.69) is 12.2 Å². The maximum absolute atomic E-state index is 5.93. The summed E-state index contributed by atoms with van der Waals surface area (Å²) < 4.78 is 4.99. The van der Waals surface area contributed by atoms with E-state index < -0.39 is 0 Å². The summed E-state index contributed by atoms with van der Waals surface area (Å²) in [6.45, 7) is 4.02. The average molecular weight is 200 g/mol. The van der Waals surface area contributed by atoms with Gasteiger partial charge >= 0.3 is 0 Å². The minimum Gasteiger partial charge on any atom is -0.385 e. The number of nitrogens with one attached hydrogen (secondary N) is 1. The Hall–Kier alpha value is -0.120. The van der Waals surface area contributed by atoms with E-state index in [-0.39, 0.29) is 6.04 Å². The van der Waals surface area contributed by atoms with Crippen molar-refractivity contribution >= 4 is 0 Å².